The summed E-state index contributed by atoms with van der Waals surface area (Å²) in [6, 6.07) is 9.91. The fraction of sp³-hybridized carbons (Fsp3) is 0.182. The lowest BCUT2D eigenvalue weighted by Crippen LogP contribution is -2.12. The number of ether oxygens (including phenoxy) is 3. The van der Waals surface area contributed by atoms with Crippen LogP contribution < -0.4 is 9.47 Å². The Morgan fingerprint density at radius 1 is 1.19 bits per heavy atom. The summed E-state index contributed by atoms with van der Waals surface area (Å²) in [5.74, 6) is -0.568. The van der Waals surface area contributed by atoms with Crippen molar-refractivity contribution in [2.75, 3.05) is 20.8 Å². The largest absolute Gasteiger partial charge is 0.506 e. The van der Waals surface area contributed by atoms with Crippen molar-refractivity contribution in [2.45, 2.75) is 6.92 Å². The van der Waals surface area contributed by atoms with Gasteiger partial charge in [-0.05, 0) is 48.9 Å². The number of phenols is 1. The highest BCUT2D eigenvalue weighted by Gasteiger charge is 2.33. The monoisotopic (exact) mass is 461 g/mol. The molecule has 0 atom stereocenters. The van der Waals surface area contributed by atoms with Gasteiger partial charge in [-0.3, -0.25) is 0 Å². The molecule has 0 radical (unpaired) electrons. The number of thioether (sulfide) groups is 1. The van der Waals surface area contributed by atoms with Gasteiger partial charge in [0.15, 0.2) is 11.5 Å². The van der Waals surface area contributed by atoms with Crippen molar-refractivity contribution in [2.24, 2.45) is 4.99 Å². The molecule has 0 amide bonds. The highest BCUT2D eigenvalue weighted by molar-refractivity contribution is 8.18. The highest BCUT2D eigenvalue weighted by Crippen LogP contribution is 2.43. The first-order valence-corrected chi connectivity index (χ1v) is 10.4. The molecule has 162 valence electrons. The number of aliphatic hydroxyl groups is 1. The second-order valence-electron chi connectivity index (χ2n) is 6.23. The Morgan fingerprint density at radius 2 is 1.97 bits per heavy atom. The molecule has 0 spiro atoms. The Morgan fingerprint density at radius 3 is 2.61 bits per heavy atom. The van der Waals surface area contributed by atoms with Crippen molar-refractivity contribution in [3.05, 3.63) is 63.2 Å². The lowest BCUT2D eigenvalue weighted by atomic mass is 10.1. The molecule has 3 rings (SSSR count). The first-order chi connectivity index (χ1) is 14.9. The van der Waals surface area contributed by atoms with Crippen LogP contribution in [-0.4, -0.2) is 42.1 Å². The number of carbonyl (C=O) groups excluding carboxylic acids is 1. The average molecular weight is 462 g/mol. The van der Waals surface area contributed by atoms with E-state index in [0.29, 0.717) is 26.9 Å². The second-order valence-corrected chi connectivity index (χ2v) is 7.69. The van der Waals surface area contributed by atoms with Gasteiger partial charge in [-0.1, -0.05) is 29.4 Å². The van der Waals surface area contributed by atoms with E-state index in [0.717, 1.165) is 11.8 Å². The van der Waals surface area contributed by atoms with Gasteiger partial charge in [0, 0.05) is 5.02 Å². The van der Waals surface area contributed by atoms with Crippen molar-refractivity contribution in [1.29, 1.82) is 0 Å². The van der Waals surface area contributed by atoms with Crippen LogP contribution in [0.3, 0.4) is 0 Å². The minimum Gasteiger partial charge on any atom is -0.506 e. The number of hydrogen-bond donors (Lipinski definition) is 2. The Bertz CT molecular complexity index is 1110. The van der Waals surface area contributed by atoms with Crippen molar-refractivity contribution in [3.63, 3.8) is 0 Å². The lowest BCUT2D eigenvalue weighted by Gasteiger charge is -2.10. The van der Waals surface area contributed by atoms with E-state index in [2.05, 4.69) is 4.99 Å². The predicted molar refractivity (Wildman–Crippen MR) is 122 cm³/mol. The smallest absolute Gasteiger partial charge is 0.344 e. The van der Waals surface area contributed by atoms with Crippen LogP contribution in [0, 0.1) is 0 Å². The number of carbonyl (C=O) groups is 1. The van der Waals surface area contributed by atoms with Crippen LogP contribution in [0.4, 0.5) is 5.69 Å². The maximum absolute atomic E-state index is 12.5. The molecule has 0 aliphatic carbocycles. The van der Waals surface area contributed by atoms with Gasteiger partial charge in [-0.15, -0.1) is 0 Å². The van der Waals surface area contributed by atoms with Crippen LogP contribution in [0.5, 0.6) is 17.2 Å². The number of benzene rings is 2. The molecule has 9 heteroatoms. The Labute approximate surface area is 188 Å². The Hall–Kier alpha value is -3.10. The van der Waals surface area contributed by atoms with E-state index in [-0.39, 0.29) is 34.5 Å². The summed E-state index contributed by atoms with van der Waals surface area (Å²) < 4.78 is 15.5. The number of halogens is 1. The van der Waals surface area contributed by atoms with Gasteiger partial charge in [-0.25, -0.2) is 9.79 Å². The first kappa shape index (κ1) is 22.6. The molecule has 7 nitrogen and oxygen atoms in total. The fourth-order valence-electron chi connectivity index (χ4n) is 2.85. The van der Waals surface area contributed by atoms with Crippen molar-refractivity contribution < 1.29 is 29.2 Å². The number of aliphatic imine (C=N–C) groups is 1. The zero-order valence-corrected chi connectivity index (χ0v) is 18.6. The van der Waals surface area contributed by atoms with Crippen molar-refractivity contribution in [3.8, 4) is 17.2 Å². The quantitative estimate of drug-likeness (QED) is 0.566. The number of methoxy groups -OCH3 is 2. The predicted octanol–water partition coefficient (Wildman–Crippen LogP) is 5.26. The van der Waals surface area contributed by atoms with Gasteiger partial charge in [-0.2, -0.15) is 0 Å². The number of rotatable bonds is 6. The minimum atomic E-state index is -0.688. The van der Waals surface area contributed by atoms with Crippen LogP contribution in [0.25, 0.3) is 6.08 Å². The van der Waals surface area contributed by atoms with Gasteiger partial charge in [0.05, 0.1) is 31.4 Å². The molecule has 0 aromatic heterocycles. The zero-order chi connectivity index (χ0) is 22.5. The van der Waals surface area contributed by atoms with E-state index >= 15 is 0 Å². The van der Waals surface area contributed by atoms with E-state index in [1.807, 2.05) is 0 Å². The molecular weight excluding hydrogens is 442 g/mol. The van der Waals surface area contributed by atoms with Crippen LogP contribution in [0.2, 0.25) is 5.02 Å². The number of esters is 1. The molecule has 2 aromatic carbocycles. The Balaban J connectivity index is 2.08. The topological polar surface area (TPSA) is 97.6 Å². The summed E-state index contributed by atoms with van der Waals surface area (Å²) in [5, 5.41) is 21.7. The number of aromatic hydroxyl groups is 1. The summed E-state index contributed by atoms with van der Waals surface area (Å²) in [5.41, 5.74) is 1.01. The first-order valence-electron chi connectivity index (χ1n) is 9.17. The number of nitrogens with zero attached hydrogens (tertiary/aromatic N) is 1. The van der Waals surface area contributed by atoms with Crippen molar-refractivity contribution >= 4 is 46.1 Å². The fourth-order valence-corrected chi connectivity index (χ4v) is 4.07. The average Bonchev–Trinajstić information content (AvgIpc) is 3.02. The van der Waals surface area contributed by atoms with Gasteiger partial charge >= 0.3 is 5.97 Å². The molecule has 0 saturated carbocycles. The van der Waals surface area contributed by atoms with Gasteiger partial charge in [0.25, 0.3) is 0 Å². The summed E-state index contributed by atoms with van der Waals surface area (Å²) >= 11 is 7.12. The summed E-state index contributed by atoms with van der Waals surface area (Å²) in [6.07, 6.45) is 1.60. The van der Waals surface area contributed by atoms with Crippen molar-refractivity contribution in [1.82, 2.24) is 0 Å². The van der Waals surface area contributed by atoms with E-state index in [1.165, 1.54) is 20.3 Å². The maximum Gasteiger partial charge on any atom is 0.344 e. The summed E-state index contributed by atoms with van der Waals surface area (Å²) in [6.45, 7) is 1.82. The van der Waals surface area contributed by atoms with Crippen LogP contribution in [0.1, 0.15) is 12.5 Å². The normalized spacial score (nSPS) is 16.1. The SMILES string of the molecule is CCOC(=O)C1=C(O)C(=Cc2cc(O)c(OC)c(OC)c2)SC1=Nc1cccc(Cl)c1. The number of hydrogen-bond acceptors (Lipinski definition) is 8. The molecule has 0 bridgehead atoms. The second kappa shape index (κ2) is 9.80. The third kappa shape index (κ3) is 4.98. The number of aliphatic hydroxyl groups excluding tert-OH is 1. The zero-order valence-electron chi connectivity index (χ0n) is 17.0. The molecule has 2 N–H and O–H groups in total. The molecule has 31 heavy (non-hydrogen) atoms. The molecular formula is C22H20ClNO6S. The molecule has 2 aromatic rings. The van der Waals surface area contributed by atoms with Gasteiger partial charge < -0.3 is 24.4 Å². The third-order valence-electron chi connectivity index (χ3n) is 4.19. The molecule has 1 aliphatic rings. The maximum atomic E-state index is 12.5. The van der Waals surface area contributed by atoms with E-state index < -0.39 is 5.97 Å². The van der Waals surface area contributed by atoms with Crippen LogP contribution >= 0.6 is 23.4 Å². The van der Waals surface area contributed by atoms with Crippen LogP contribution in [-0.2, 0) is 9.53 Å². The molecule has 0 saturated heterocycles. The molecule has 1 aliphatic heterocycles. The third-order valence-corrected chi connectivity index (χ3v) is 5.44. The highest BCUT2D eigenvalue weighted by atomic mass is 35.5. The Kier molecular flexibility index (Phi) is 7.14. The number of phenolic OH excluding ortho intramolecular Hbond substituents is 1. The van der Waals surface area contributed by atoms with E-state index in [9.17, 15) is 15.0 Å². The minimum absolute atomic E-state index is 0.0391. The molecule has 0 fully saturated rings. The van der Waals surface area contributed by atoms with Gasteiger partial charge in [0.1, 0.15) is 16.4 Å². The van der Waals surface area contributed by atoms with E-state index in [4.69, 9.17) is 25.8 Å². The standard InChI is InChI=1S/C22H20ClNO6S/c1-4-30-22(27)18-19(26)17(31-21(18)24-14-7-5-6-13(23)11-14)10-12-8-15(25)20(29-3)16(9-12)28-2/h5-11,25-26H,4H2,1-3H3. The molecule has 0 unspecified atom stereocenters. The van der Waals surface area contributed by atoms with Gasteiger partial charge in [0.2, 0.25) is 5.75 Å². The lowest BCUT2D eigenvalue weighted by molar-refractivity contribution is -0.138. The van der Waals surface area contributed by atoms with Crippen LogP contribution in [0.15, 0.2) is 57.6 Å². The summed E-state index contributed by atoms with van der Waals surface area (Å²) in [4.78, 5) is 17.3. The molecule has 1 heterocycles. The van der Waals surface area contributed by atoms with E-state index in [1.54, 1.807) is 43.3 Å². The summed E-state index contributed by atoms with van der Waals surface area (Å²) in [7, 11) is 2.87.